The normalized spacial score (nSPS) is 14.3. The first-order valence-corrected chi connectivity index (χ1v) is 11.2. The van der Waals surface area contributed by atoms with Gasteiger partial charge < -0.3 is 14.1 Å². The first kappa shape index (κ1) is 29.6. The summed E-state index contributed by atoms with van der Waals surface area (Å²) in [6, 6.07) is 0. The number of nitrogens with zero attached hydrogens (tertiary/aromatic N) is 1. The van der Waals surface area contributed by atoms with Crippen LogP contribution in [0.3, 0.4) is 0 Å². The minimum absolute atomic E-state index is 0.321. The van der Waals surface area contributed by atoms with E-state index in [1.807, 2.05) is 0 Å². The Balaban J connectivity index is 0. The minimum Gasteiger partial charge on any atom is -0.421 e. The van der Waals surface area contributed by atoms with Gasteiger partial charge in [-0.05, 0) is 12.8 Å². The van der Waals surface area contributed by atoms with Gasteiger partial charge in [0.25, 0.3) is 0 Å². The number of aliphatic hydroxyl groups is 1. The number of hydrogen-bond acceptors (Lipinski definition) is 5. The smallest absolute Gasteiger partial charge is 0.421 e. The van der Waals surface area contributed by atoms with E-state index < -0.39 is 31.1 Å². The van der Waals surface area contributed by atoms with E-state index in [1.54, 1.807) is 0 Å². The van der Waals surface area contributed by atoms with Crippen molar-refractivity contribution in [3.63, 3.8) is 0 Å². The fourth-order valence-corrected chi connectivity index (χ4v) is 3.45. The molecular weight excluding hydrogens is 442 g/mol. The summed E-state index contributed by atoms with van der Waals surface area (Å²) in [5.41, 5.74) is -12.4. The minimum atomic E-state index is -6.72. The summed E-state index contributed by atoms with van der Waals surface area (Å²) in [6.07, 6.45) is 8.18. The molecule has 0 bridgehead atoms. The average molecular weight is 468 g/mol. The van der Waals surface area contributed by atoms with Gasteiger partial charge in [0, 0.05) is 0 Å². The van der Waals surface area contributed by atoms with Gasteiger partial charge in [0.2, 0.25) is 0 Å². The number of alkyl halides is 6. The third-order valence-corrected chi connectivity index (χ3v) is 6.02. The molecule has 0 aliphatic carbocycles. The SMILES string of the molecule is CCCCCCCC[NH+](C)CCO.O=S(=O)([N-]S(=O)(=O)C(F)(F)F)C(F)(F)F. The predicted octanol–water partition coefficient (Wildman–Crippen LogP) is 1.91. The van der Waals surface area contributed by atoms with Crippen LogP contribution in [0.25, 0.3) is 4.13 Å². The van der Waals surface area contributed by atoms with Gasteiger partial charge in [0.05, 0.1) is 20.2 Å². The van der Waals surface area contributed by atoms with E-state index in [0.717, 1.165) is 10.7 Å². The van der Waals surface area contributed by atoms with Crippen LogP contribution in [-0.2, 0) is 20.0 Å². The van der Waals surface area contributed by atoms with Crippen molar-refractivity contribution in [3.05, 3.63) is 4.13 Å². The standard InChI is InChI=1S/C11H25NO.C2F6NO4S2/c1-3-4-5-6-7-8-9-12(2)10-11-13;3-1(4,5)14(10,11)9-15(12,13)2(6,7)8/h13H,3-11H2,1-2H3;/q;-1/p+1. The second kappa shape index (κ2) is 12.8. The second-order valence-corrected chi connectivity index (χ2v) is 9.29. The van der Waals surface area contributed by atoms with Crippen LogP contribution in [0.5, 0.6) is 0 Å². The summed E-state index contributed by atoms with van der Waals surface area (Å²) >= 11 is 0. The zero-order valence-corrected chi connectivity index (χ0v) is 17.1. The Kier molecular flexibility index (Phi) is 13.5. The van der Waals surface area contributed by atoms with E-state index in [1.165, 1.54) is 50.0 Å². The van der Waals surface area contributed by atoms with Crippen LogP contribution in [0, 0.1) is 0 Å². The molecule has 0 saturated carbocycles. The zero-order chi connectivity index (χ0) is 22.6. The molecule has 172 valence electrons. The van der Waals surface area contributed by atoms with Crippen molar-refractivity contribution in [3.8, 4) is 0 Å². The molecule has 28 heavy (non-hydrogen) atoms. The van der Waals surface area contributed by atoms with Gasteiger partial charge in [-0.25, -0.2) is 16.8 Å². The molecule has 0 radical (unpaired) electrons. The summed E-state index contributed by atoms with van der Waals surface area (Å²) in [5.74, 6) is 0. The number of rotatable bonds is 11. The maximum Gasteiger partial charge on any atom is 0.480 e. The number of halogens is 6. The van der Waals surface area contributed by atoms with Gasteiger partial charge in [0.15, 0.2) is 20.0 Å². The summed E-state index contributed by atoms with van der Waals surface area (Å²) in [4.78, 5) is 1.46. The predicted molar refractivity (Wildman–Crippen MR) is 90.4 cm³/mol. The molecule has 0 fully saturated rings. The van der Waals surface area contributed by atoms with E-state index in [0.29, 0.717) is 6.61 Å². The molecule has 0 saturated heterocycles. The van der Waals surface area contributed by atoms with E-state index in [-0.39, 0.29) is 0 Å². The molecule has 2 N–H and O–H groups in total. The molecule has 7 nitrogen and oxygen atoms in total. The third-order valence-electron chi connectivity index (χ3n) is 3.28. The number of unbranched alkanes of at least 4 members (excludes halogenated alkanes) is 5. The summed E-state index contributed by atoms with van der Waals surface area (Å²) < 4.78 is 109. The monoisotopic (exact) mass is 468 g/mol. The lowest BCUT2D eigenvalue weighted by atomic mass is 10.1. The van der Waals surface area contributed by atoms with Crippen molar-refractivity contribution in [2.45, 2.75) is 56.5 Å². The van der Waals surface area contributed by atoms with Crippen molar-refractivity contribution in [2.75, 3.05) is 26.7 Å². The molecule has 0 amide bonds. The Morgan fingerprint density at radius 3 is 1.54 bits per heavy atom. The molecule has 1 atom stereocenters. The van der Waals surface area contributed by atoms with E-state index >= 15 is 0 Å². The van der Waals surface area contributed by atoms with E-state index in [9.17, 15) is 43.2 Å². The molecule has 0 aromatic heterocycles. The third kappa shape index (κ3) is 12.7. The zero-order valence-electron chi connectivity index (χ0n) is 15.5. The molecule has 15 heteroatoms. The van der Waals surface area contributed by atoms with Crippen LogP contribution in [-0.4, -0.2) is 59.7 Å². The Labute approximate surface area is 161 Å². The van der Waals surface area contributed by atoms with Gasteiger partial charge in [-0.15, -0.1) is 0 Å². The molecule has 0 aromatic carbocycles. The summed E-state index contributed by atoms with van der Waals surface area (Å²) in [5, 5.41) is 8.69. The van der Waals surface area contributed by atoms with Crippen LogP contribution in [0.1, 0.15) is 45.4 Å². The molecule has 0 aromatic rings. The highest BCUT2D eigenvalue weighted by molar-refractivity contribution is 8.13. The van der Waals surface area contributed by atoms with Crippen molar-refractivity contribution in [1.82, 2.24) is 0 Å². The topological polar surface area (TPSA) is 107 Å². The van der Waals surface area contributed by atoms with E-state index in [2.05, 4.69) is 14.0 Å². The number of likely N-dealkylation sites (N-methyl/N-ethyl adjacent to an activating group) is 1. The highest BCUT2D eigenvalue weighted by atomic mass is 32.3. The van der Waals surface area contributed by atoms with Crippen LogP contribution in [0.4, 0.5) is 26.3 Å². The molecule has 0 spiro atoms. The fraction of sp³-hybridized carbons (Fsp3) is 1.00. The van der Waals surface area contributed by atoms with Gasteiger partial charge in [-0.3, -0.25) is 0 Å². The highest BCUT2D eigenvalue weighted by Crippen LogP contribution is 2.36. The molecule has 0 rings (SSSR count). The lowest BCUT2D eigenvalue weighted by Crippen LogP contribution is -3.09. The Morgan fingerprint density at radius 2 is 1.18 bits per heavy atom. The molecular formula is C13H26F6N2O5S2. The van der Waals surface area contributed by atoms with Gasteiger partial charge in [-0.2, -0.15) is 26.3 Å². The van der Waals surface area contributed by atoms with E-state index in [4.69, 9.17) is 5.11 Å². The number of aliphatic hydroxyl groups excluding tert-OH is 1. The van der Waals surface area contributed by atoms with Crippen LogP contribution >= 0.6 is 0 Å². The molecule has 0 aliphatic heterocycles. The van der Waals surface area contributed by atoms with Crippen LogP contribution < -0.4 is 4.90 Å². The molecule has 1 unspecified atom stereocenters. The highest BCUT2D eigenvalue weighted by Gasteiger charge is 2.46. The van der Waals surface area contributed by atoms with Crippen molar-refractivity contribution in [2.24, 2.45) is 0 Å². The number of sulfonamides is 2. The van der Waals surface area contributed by atoms with Crippen molar-refractivity contribution >= 4 is 20.0 Å². The second-order valence-electron chi connectivity index (χ2n) is 5.86. The first-order valence-electron chi connectivity index (χ1n) is 8.30. The Bertz CT molecular complexity index is 578. The largest absolute Gasteiger partial charge is 0.480 e. The van der Waals surface area contributed by atoms with Crippen molar-refractivity contribution < 1.29 is 53.2 Å². The van der Waals surface area contributed by atoms with Crippen LogP contribution in [0.15, 0.2) is 0 Å². The fourth-order valence-electron chi connectivity index (χ4n) is 1.74. The van der Waals surface area contributed by atoms with Gasteiger partial charge in [0.1, 0.15) is 6.54 Å². The number of quaternary nitrogens is 1. The van der Waals surface area contributed by atoms with Crippen LogP contribution in [0.2, 0.25) is 0 Å². The van der Waals surface area contributed by atoms with Crippen molar-refractivity contribution in [1.29, 1.82) is 0 Å². The Morgan fingerprint density at radius 1 is 0.786 bits per heavy atom. The quantitative estimate of drug-likeness (QED) is 0.356. The Hall–Kier alpha value is -0.640. The maximum atomic E-state index is 11.4. The summed E-state index contributed by atoms with van der Waals surface area (Å²) in [6.45, 7) is 4.68. The summed E-state index contributed by atoms with van der Waals surface area (Å²) in [7, 11) is -11.3. The average Bonchev–Trinajstić information content (AvgIpc) is 2.48. The lowest BCUT2D eigenvalue weighted by molar-refractivity contribution is -0.880. The van der Waals surface area contributed by atoms with Gasteiger partial charge in [-0.1, -0.05) is 32.6 Å². The maximum absolute atomic E-state index is 11.4. The molecule has 0 aliphatic rings. The lowest BCUT2D eigenvalue weighted by Gasteiger charge is -2.22. The molecule has 0 heterocycles. The number of hydrogen-bond donors (Lipinski definition) is 2. The first-order chi connectivity index (χ1) is 12.5. The van der Waals surface area contributed by atoms with Gasteiger partial charge >= 0.3 is 11.0 Å². The number of nitrogens with one attached hydrogen (secondary N) is 1.